The van der Waals surface area contributed by atoms with Crippen LogP contribution in [0.5, 0.6) is 11.5 Å². The van der Waals surface area contributed by atoms with E-state index < -0.39 is 0 Å². The number of methoxy groups -OCH3 is 2. The quantitative estimate of drug-likeness (QED) is 0.182. The molecule has 0 atom stereocenters. The molecule has 0 aliphatic carbocycles. The van der Waals surface area contributed by atoms with Crippen LogP contribution in [0.25, 0.3) is 0 Å². The second-order valence-electron chi connectivity index (χ2n) is 9.80. The number of rotatable bonds is 11. The fraction of sp³-hybridized carbons (Fsp3) is 0.513. The summed E-state index contributed by atoms with van der Waals surface area (Å²) in [6, 6.07) is 3.27. The van der Waals surface area contributed by atoms with Crippen molar-refractivity contribution in [1.82, 2.24) is 4.90 Å². The van der Waals surface area contributed by atoms with Gasteiger partial charge in [0.1, 0.15) is 0 Å². The lowest BCUT2D eigenvalue weighted by molar-refractivity contribution is 0.101. The maximum Gasteiger partial charge on any atom is 0.180 e. The molecular formula is C39H65BrClNO4. The lowest BCUT2D eigenvalue weighted by Gasteiger charge is -2.26. The number of halogens is 2. The largest absolute Gasteiger partial charge is 0.493 e. The number of ketones is 1. The Morgan fingerprint density at radius 1 is 1.04 bits per heavy atom. The highest BCUT2D eigenvalue weighted by Gasteiger charge is 2.15. The first-order chi connectivity index (χ1) is 21.9. The van der Waals surface area contributed by atoms with E-state index in [1.54, 1.807) is 18.2 Å². The van der Waals surface area contributed by atoms with Gasteiger partial charge in [-0.3, -0.25) is 4.79 Å². The van der Waals surface area contributed by atoms with Crippen LogP contribution < -0.4 is 9.47 Å². The molecule has 5 nitrogen and oxygen atoms in total. The molecule has 1 aromatic carbocycles. The minimum Gasteiger partial charge on any atom is -0.493 e. The Bertz CT molecular complexity index is 1090. The van der Waals surface area contributed by atoms with Crippen molar-refractivity contribution in [3.05, 3.63) is 93.9 Å². The normalized spacial score (nSPS) is 11.8. The molecule has 0 fully saturated rings. The van der Waals surface area contributed by atoms with Crippen LogP contribution in [0, 0.1) is 5.92 Å². The van der Waals surface area contributed by atoms with E-state index in [-0.39, 0.29) is 12.4 Å². The van der Waals surface area contributed by atoms with Crippen molar-refractivity contribution in [2.24, 2.45) is 5.92 Å². The summed E-state index contributed by atoms with van der Waals surface area (Å²) in [5.41, 5.74) is 3.50. The Hall–Kier alpha value is -2.54. The van der Waals surface area contributed by atoms with Crippen LogP contribution in [-0.2, 0) is 0 Å². The second-order valence-corrected chi connectivity index (χ2v) is 11.1. The van der Waals surface area contributed by atoms with E-state index in [0.717, 1.165) is 41.1 Å². The molecule has 264 valence electrons. The van der Waals surface area contributed by atoms with E-state index in [0.29, 0.717) is 22.1 Å². The summed E-state index contributed by atoms with van der Waals surface area (Å²) in [6.07, 6.45) is 17.5. The van der Waals surface area contributed by atoms with Gasteiger partial charge in [-0.1, -0.05) is 146 Å². The first-order valence-corrected chi connectivity index (χ1v) is 17.6. The Labute approximate surface area is 296 Å². The lowest BCUT2D eigenvalue weighted by atomic mass is 10.1. The summed E-state index contributed by atoms with van der Waals surface area (Å²) in [7, 11) is 3.00. The van der Waals surface area contributed by atoms with Crippen LogP contribution in [-0.4, -0.2) is 36.6 Å². The predicted octanol–water partition coefficient (Wildman–Crippen LogP) is 12.9. The van der Waals surface area contributed by atoms with Crippen molar-refractivity contribution >= 4 is 33.3 Å². The fourth-order valence-electron chi connectivity index (χ4n) is 3.69. The minimum atomic E-state index is -0.101. The summed E-state index contributed by atoms with van der Waals surface area (Å²) in [4.78, 5) is 13.1. The number of aliphatic hydroxyl groups is 1. The van der Waals surface area contributed by atoms with Gasteiger partial charge in [-0.2, -0.15) is 0 Å². The molecule has 0 bridgehead atoms. The molecule has 0 radical (unpaired) electrons. The third kappa shape index (κ3) is 22.9. The monoisotopic (exact) mass is 725 g/mol. The summed E-state index contributed by atoms with van der Waals surface area (Å²) in [6.45, 7) is 30.0. The van der Waals surface area contributed by atoms with Gasteiger partial charge in [-0.15, -0.1) is 0 Å². The summed E-state index contributed by atoms with van der Waals surface area (Å²) < 4.78 is 11.2. The van der Waals surface area contributed by atoms with Crippen molar-refractivity contribution in [2.45, 2.75) is 108 Å². The first kappa shape index (κ1) is 50.3. The summed E-state index contributed by atoms with van der Waals surface area (Å²) >= 11 is 9.24. The fourth-order valence-corrected chi connectivity index (χ4v) is 4.38. The molecule has 0 amide bonds. The number of allylic oxidation sites excluding steroid dienone is 7. The molecule has 0 aromatic heterocycles. The lowest BCUT2D eigenvalue weighted by Crippen LogP contribution is -2.20. The third-order valence-corrected chi connectivity index (χ3v) is 6.85. The zero-order valence-corrected chi connectivity index (χ0v) is 33.6. The molecule has 46 heavy (non-hydrogen) atoms. The number of carbonyl (C=O) groups is 1. The Morgan fingerprint density at radius 2 is 1.63 bits per heavy atom. The molecule has 2 rings (SSSR count). The molecule has 0 unspecified atom stereocenters. The van der Waals surface area contributed by atoms with Gasteiger partial charge in [0, 0.05) is 27.6 Å². The van der Waals surface area contributed by atoms with Crippen molar-refractivity contribution in [2.75, 3.05) is 20.8 Å². The van der Waals surface area contributed by atoms with E-state index in [2.05, 4.69) is 76.7 Å². The van der Waals surface area contributed by atoms with Crippen LogP contribution in [0.1, 0.15) is 119 Å². The zero-order chi connectivity index (χ0) is 36.7. The number of hydrogen-bond acceptors (Lipinski definition) is 5. The van der Waals surface area contributed by atoms with Crippen molar-refractivity contribution < 1.29 is 19.4 Å². The number of Topliss-reactive ketones (excluding diaryl/α,β-unsaturated/α-hetero) is 1. The number of carbonyl (C=O) groups excluding carboxylic acids is 1. The molecular weight excluding hydrogens is 662 g/mol. The van der Waals surface area contributed by atoms with Gasteiger partial charge in [-0.25, -0.2) is 0 Å². The molecule has 0 saturated carbocycles. The van der Waals surface area contributed by atoms with Crippen LogP contribution >= 0.6 is 27.5 Å². The standard InChI is InChI=1S/C13H19NO.C10H11ClO3.C6H9Br.C6H14.2C2H6/c1-4-7-11(2)13(10-15)14-9-6-5-8-12(14)3;1-6(12)7-4-5-8(13-2)10(14-3)9(7)11;1-3-5-6(7)4-2;1-4-5-6(2)3;2*1-2/h5-6,8-9,15H,3-4,7,10H2,1-2H3;4-5H,1-3H3;4-5H,2-3H2,1H3;6H,4-5H2,1-3H3;2*1-2H3/b13-11+;;6-5+;;;. The summed E-state index contributed by atoms with van der Waals surface area (Å²) in [5.74, 6) is 1.70. The summed E-state index contributed by atoms with van der Waals surface area (Å²) in [5, 5.41) is 9.69. The maximum atomic E-state index is 11.2. The number of hydrogen-bond donors (Lipinski definition) is 1. The van der Waals surface area contributed by atoms with Crippen molar-refractivity contribution in [1.29, 1.82) is 0 Å². The topological polar surface area (TPSA) is 59.0 Å². The van der Waals surface area contributed by atoms with Gasteiger partial charge >= 0.3 is 0 Å². The van der Waals surface area contributed by atoms with Gasteiger partial charge < -0.3 is 19.5 Å². The molecule has 1 N–H and O–H groups in total. The van der Waals surface area contributed by atoms with Gasteiger partial charge in [0.25, 0.3) is 0 Å². The number of ether oxygens (including phenoxy) is 2. The van der Waals surface area contributed by atoms with Crippen LogP contribution in [0.15, 0.2) is 83.3 Å². The highest BCUT2D eigenvalue weighted by atomic mass is 79.9. The zero-order valence-electron chi connectivity index (χ0n) is 31.2. The average molecular weight is 727 g/mol. The number of aliphatic hydroxyl groups excluding tert-OH is 1. The number of benzene rings is 1. The molecule has 7 heteroatoms. The van der Waals surface area contributed by atoms with E-state index in [9.17, 15) is 9.90 Å². The third-order valence-electron chi connectivity index (χ3n) is 5.83. The Balaban J connectivity index is -0.000000262. The molecule has 1 aliphatic heterocycles. The van der Waals surface area contributed by atoms with E-state index in [1.165, 1.54) is 39.6 Å². The van der Waals surface area contributed by atoms with Crippen LogP contribution in [0.2, 0.25) is 5.02 Å². The van der Waals surface area contributed by atoms with Crippen molar-refractivity contribution in [3.63, 3.8) is 0 Å². The first-order valence-electron chi connectivity index (χ1n) is 16.4. The van der Waals surface area contributed by atoms with E-state index in [4.69, 9.17) is 21.1 Å². The number of nitrogens with zero attached hydrogens (tertiary/aromatic N) is 1. The Morgan fingerprint density at radius 3 is 1.96 bits per heavy atom. The minimum absolute atomic E-state index is 0.0586. The highest BCUT2D eigenvalue weighted by Crippen LogP contribution is 2.37. The smallest absolute Gasteiger partial charge is 0.180 e. The maximum absolute atomic E-state index is 11.2. The molecule has 0 saturated heterocycles. The van der Waals surface area contributed by atoms with Gasteiger partial charge in [0.05, 0.1) is 25.8 Å². The van der Waals surface area contributed by atoms with Crippen LogP contribution in [0.4, 0.5) is 0 Å². The van der Waals surface area contributed by atoms with Crippen LogP contribution in [0.3, 0.4) is 0 Å². The van der Waals surface area contributed by atoms with E-state index >= 15 is 0 Å². The molecule has 1 aliphatic rings. The molecule has 0 spiro atoms. The van der Waals surface area contributed by atoms with Gasteiger partial charge in [-0.05, 0) is 56.9 Å². The SMILES string of the molecule is C=C/C(Br)=C\CC.C=C1C=CC=CN1/C(CO)=C(\C)CCC.CC.CC.CCCC(C)C.COc1ccc(C(C)=O)c(Cl)c1OC. The molecule has 1 heterocycles. The van der Waals surface area contributed by atoms with Gasteiger partial charge in [0.15, 0.2) is 17.3 Å². The highest BCUT2D eigenvalue weighted by molar-refractivity contribution is 9.11. The second kappa shape index (κ2) is 33.8. The average Bonchev–Trinajstić information content (AvgIpc) is 3.05. The van der Waals surface area contributed by atoms with Crippen molar-refractivity contribution in [3.8, 4) is 11.5 Å². The molecule has 1 aromatic rings. The van der Waals surface area contributed by atoms with E-state index in [1.807, 2.05) is 57.0 Å². The Kier molecular flexibility index (Phi) is 37.0. The predicted molar refractivity (Wildman–Crippen MR) is 208 cm³/mol. The van der Waals surface area contributed by atoms with Gasteiger partial charge in [0.2, 0.25) is 0 Å².